The molecule has 9 heteroatoms. The maximum atomic E-state index is 13.5. The van der Waals surface area contributed by atoms with Gasteiger partial charge in [0.25, 0.3) is 0 Å². The second kappa shape index (κ2) is 7.89. The second-order valence-electron chi connectivity index (χ2n) is 8.56. The number of anilines is 1. The number of aliphatic hydroxyl groups is 1. The van der Waals surface area contributed by atoms with Gasteiger partial charge < -0.3 is 15.2 Å². The first-order chi connectivity index (χ1) is 15.4. The summed E-state index contributed by atoms with van der Waals surface area (Å²) in [6.07, 6.45) is 7.49. The average molecular weight is 453 g/mol. The quantitative estimate of drug-likeness (QED) is 0.616. The van der Waals surface area contributed by atoms with Gasteiger partial charge in [0.15, 0.2) is 9.92 Å². The van der Waals surface area contributed by atoms with Crippen LogP contribution in [0.3, 0.4) is 0 Å². The lowest BCUT2D eigenvalue weighted by atomic mass is 9.92. The zero-order valence-corrected chi connectivity index (χ0v) is 18.3. The number of hydrogen-bond donors (Lipinski definition) is 3. The molecule has 3 aliphatic rings. The highest BCUT2D eigenvalue weighted by atomic mass is 32.2. The molecule has 2 amide bonds. The number of amides is 2. The van der Waals surface area contributed by atoms with Gasteiger partial charge in [-0.2, -0.15) is 5.26 Å². The van der Waals surface area contributed by atoms with Crippen LogP contribution in [0.15, 0.2) is 39.6 Å². The number of nitriles is 1. The van der Waals surface area contributed by atoms with Gasteiger partial charge in [-0.1, -0.05) is 22.6 Å². The van der Waals surface area contributed by atoms with Crippen LogP contribution in [-0.4, -0.2) is 28.6 Å². The molecule has 0 spiro atoms. The summed E-state index contributed by atoms with van der Waals surface area (Å²) in [5.74, 6) is 0. The maximum absolute atomic E-state index is 13.5. The Kier molecular flexibility index (Phi) is 5.16. The molecule has 1 saturated heterocycles. The molecule has 32 heavy (non-hydrogen) atoms. The van der Waals surface area contributed by atoms with Gasteiger partial charge in [0, 0.05) is 5.69 Å². The fourth-order valence-corrected chi connectivity index (χ4v) is 6.03. The highest BCUT2D eigenvalue weighted by Gasteiger charge is 2.38. The van der Waals surface area contributed by atoms with Crippen molar-refractivity contribution in [3.63, 3.8) is 0 Å². The van der Waals surface area contributed by atoms with Crippen LogP contribution >= 0.6 is 0 Å². The van der Waals surface area contributed by atoms with E-state index in [0.717, 1.165) is 55.3 Å². The summed E-state index contributed by atoms with van der Waals surface area (Å²) in [4.78, 5) is 13.1. The molecule has 166 valence electrons. The van der Waals surface area contributed by atoms with E-state index in [-0.39, 0.29) is 18.1 Å². The monoisotopic (exact) mass is 452 g/mol. The standard InChI is InChI=1S/C23H24N4O4S/c24-14-25-32(30,18-9-7-17(8-10-18)23(29)12-31-13-23)27-22(28)26-21-19-5-1-3-15(19)11-16-4-2-6-20(16)21/h7-11,29H,1-6,12-13H2,(H2,25,26,27,28,30). The van der Waals surface area contributed by atoms with Crippen molar-refractivity contribution in [3.05, 3.63) is 58.1 Å². The second-order valence-corrected chi connectivity index (χ2v) is 10.5. The highest BCUT2D eigenvalue weighted by Crippen LogP contribution is 2.38. The molecule has 3 N–H and O–H groups in total. The van der Waals surface area contributed by atoms with E-state index in [4.69, 9.17) is 10.00 Å². The van der Waals surface area contributed by atoms with Crippen molar-refractivity contribution in [2.45, 2.75) is 49.0 Å². The van der Waals surface area contributed by atoms with Gasteiger partial charge in [0.2, 0.25) is 6.19 Å². The SMILES string of the molecule is N#CN=S(=O)(NC(=O)Nc1c2c(cc3c1CCC3)CCC2)c1ccc(C2(O)COC2)cc1. The van der Waals surface area contributed by atoms with Crippen LogP contribution in [0, 0.1) is 11.5 Å². The first-order valence-corrected chi connectivity index (χ1v) is 12.2. The summed E-state index contributed by atoms with van der Waals surface area (Å²) in [6, 6.07) is 7.85. The largest absolute Gasteiger partial charge is 0.380 e. The van der Waals surface area contributed by atoms with E-state index in [1.165, 1.54) is 23.3 Å². The first-order valence-electron chi connectivity index (χ1n) is 10.7. The summed E-state index contributed by atoms with van der Waals surface area (Å²) < 4.78 is 24.5. The molecule has 0 aromatic heterocycles. The molecular weight excluding hydrogens is 428 g/mol. The van der Waals surface area contributed by atoms with Gasteiger partial charge in [0.05, 0.1) is 18.1 Å². The van der Waals surface area contributed by atoms with Gasteiger partial charge >= 0.3 is 6.03 Å². The Morgan fingerprint density at radius 3 is 2.25 bits per heavy atom. The number of aryl methyl sites for hydroxylation is 2. The van der Waals surface area contributed by atoms with Gasteiger partial charge in [-0.3, -0.25) is 0 Å². The molecule has 0 saturated carbocycles. The van der Waals surface area contributed by atoms with E-state index in [9.17, 15) is 14.1 Å². The number of rotatable bonds is 4. The van der Waals surface area contributed by atoms with Crippen molar-refractivity contribution in [2.75, 3.05) is 18.5 Å². The molecule has 1 aliphatic heterocycles. The Morgan fingerprint density at radius 2 is 1.72 bits per heavy atom. The molecule has 5 rings (SSSR count). The van der Waals surface area contributed by atoms with Crippen molar-refractivity contribution in [1.29, 1.82) is 5.26 Å². The Hall–Kier alpha value is -2.93. The summed E-state index contributed by atoms with van der Waals surface area (Å²) in [6.45, 7) is 0.382. The molecule has 1 fully saturated rings. The molecule has 0 radical (unpaired) electrons. The molecule has 0 bridgehead atoms. The minimum absolute atomic E-state index is 0.185. The lowest BCUT2D eigenvalue weighted by molar-refractivity contribution is -0.184. The highest BCUT2D eigenvalue weighted by molar-refractivity contribution is 7.92. The van der Waals surface area contributed by atoms with Crippen LogP contribution in [-0.2, 0) is 45.9 Å². The summed E-state index contributed by atoms with van der Waals surface area (Å²) >= 11 is 0. The zero-order chi connectivity index (χ0) is 22.3. The minimum Gasteiger partial charge on any atom is -0.380 e. The van der Waals surface area contributed by atoms with Crippen LogP contribution in [0.5, 0.6) is 0 Å². The van der Waals surface area contributed by atoms with Gasteiger partial charge in [-0.15, -0.1) is 0 Å². The Bertz CT molecular complexity index is 1220. The average Bonchev–Trinajstić information content (AvgIpc) is 3.41. The Labute approximate surface area is 186 Å². The maximum Gasteiger partial charge on any atom is 0.331 e. The third-order valence-corrected chi connectivity index (χ3v) is 8.22. The van der Waals surface area contributed by atoms with E-state index >= 15 is 0 Å². The van der Waals surface area contributed by atoms with E-state index in [1.807, 2.05) is 0 Å². The molecule has 8 nitrogen and oxygen atoms in total. The minimum atomic E-state index is -3.53. The third-order valence-electron chi connectivity index (χ3n) is 6.50. The van der Waals surface area contributed by atoms with Crippen LogP contribution in [0.1, 0.15) is 40.7 Å². The van der Waals surface area contributed by atoms with E-state index < -0.39 is 21.5 Å². The van der Waals surface area contributed by atoms with Crippen molar-refractivity contribution in [1.82, 2.24) is 4.72 Å². The van der Waals surface area contributed by atoms with Crippen LogP contribution in [0.25, 0.3) is 0 Å². The molecule has 1 unspecified atom stereocenters. The van der Waals surface area contributed by atoms with Gasteiger partial charge in [-0.05, 0) is 78.5 Å². The van der Waals surface area contributed by atoms with Crippen LogP contribution < -0.4 is 10.0 Å². The number of ether oxygens (including phenoxy) is 1. The first kappa shape index (κ1) is 20.9. The Morgan fingerprint density at radius 1 is 1.09 bits per heavy atom. The van der Waals surface area contributed by atoms with Gasteiger partial charge in [-0.25, -0.2) is 13.7 Å². The lowest BCUT2D eigenvalue weighted by Gasteiger charge is -2.36. The van der Waals surface area contributed by atoms with Crippen molar-refractivity contribution in [2.24, 2.45) is 4.36 Å². The third kappa shape index (κ3) is 3.54. The summed E-state index contributed by atoms with van der Waals surface area (Å²) in [5.41, 5.74) is 5.24. The molecule has 1 atom stereocenters. The molecule has 2 aromatic carbocycles. The van der Waals surface area contributed by atoms with Crippen molar-refractivity contribution in [3.8, 4) is 6.19 Å². The van der Waals surface area contributed by atoms with Crippen LogP contribution in [0.4, 0.5) is 10.5 Å². The lowest BCUT2D eigenvalue weighted by Crippen LogP contribution is -2.46. The van der Waals surface area contributed by atoms with E-state index in [2.05, 4.69) is 20.5 Å². The molecule has 2 aromatic rings. The van der Waals surface area contributed by atoms with E-state index in [1.54, 1.807) is 18.3 Å². The predicted octanol–water partition coefficient (Wildman–Crippen LogP) is 2.93. The number of fused-ring (bicyclic) bond motifs is 2. The molecular formula is C23H24N4O4S. The fraction of sp³-hybridized carbons (Fsp3) is 0.391. The smallest absolute Gasteiger partial charge is 0.331 e. The normalized spacial score (nSPS) is 19.6. The van der Waals surface area contributed by atoms with Crippen LogP contribution in [0.2, 0.25) is 0 Å². The number of urea groups is 1. The number of benzene rings is 2. The fourth-order valence-electron chi connectivity index (χ4n) is 4.84. The number of hydrogen-bond acceptors (Lipinski definition) is 6. The summed E-state index contributed by atoms with van der Waals surface area (Å²) in [5, 5.41) is 22.4. The van der Waals surface area contributed by atoms with Crippen molar-refractivity contribution < 1.29 is 18.8 Å². The predicted molar refractivity (Wildman–Crippen MR) is 118 cm³/mol. The number of nitrogens with zero attached hydrogens (tertiary/aromatic N) is 2. The Balaban J connectivity index is 1.41. The van der Waals surface area contributed by atoms with Crippen molar-refractivity contribution >= 4 is 21.6 Å². The number of nitrogens with one attached hydrogen (secondary N) is 2. The summed E-state index contributed by atoms with van der Waals surface area (Å²) in [7, 11) is -3.53. The zero-order valence-electron chi connectivity index (χ0n) is 17.5. The topological polar surface area (TPSA) is 124 Å². The molecule has 2 aliphatic carbocycles. The van der Waals surface area contributed by atoms with E-state index in [0.29, 0.717) is 5.56 Å². The number of carbonyl (C=O) groups excluding carboxylic acids is 1. The van der Waals surface area contributed by atoms with Gasteiger partial charge in [0.1, 0.15) is 5.60 Å². The number of carbonyl (C=O) groups is 1. The molecule has 1 heterocycles.